The number of nitrogens with one attached hydrogen (secondary N) is 1. The minimum Gasteiger partial charge on any atom is -0.350 e. The summed E-state index contributed by atoms with van der Waals surface area (Å²) in [5.41, 5.74) is 1.90. The average Bonchev–Trinajstić information content (AvgIpc) is 2.08. The molecule has 0 aromatic heterocycles. The van der Waals surface area contributed by atoms with Crippen molar-refractivity contribution in [3.63, 3.8) is 0 Å². The molecule has 0 atom stereocenters. The quantitative estimate of drug-likeness (QED) is 0.836. The largest absolute Gasteiger partial charge is 0.350 e. The smallest absolute Gasteiger partial charge is 0.252 e. The number of amides is 1. The number of benzene rings is 1. The fraction of sp³-hybridized carbons (Fsp3) is 0.364. The molecule has 0 saturated heterocycles. The molecule has 0 aliphatic rings. The summed E-state index contributed by atoms with van der Waals surface area (Å²) in [5.74, 6) is 0.00750. The molecule has 2 nitrogen and oxygen atoms in total. The van der Waals surface area contributed by atoms with E-state index in [0.29, 0.717) is 0 Å². The number of aryl methyl sites for hydroxylation is 1. The Kier molecular flexibility index (Phi) is 3.92. The highest BCUT2D eigenvalue weighted by Gasteiger charge is 2.11. The number of rotatable bonds is 2. The maximum absolute atomic E-state index is 11.7. The number of carbonyl (C=O) groups is 1. The number of carbonyl (C=O) groups excluding carboxylic acids is 1. The Balaban J connectivity index is 2.96. The predicted molar refractivity (Wildman–Crippen MR) is 66.5 cm³/mol. The summed E-state index contributed by atoms with van der Waals surface area (Å²) in [6.45, 7) is 5.93. The molecule has 0 unspecified atom stereocenters. The molecule has 0 heterocycles. The van der Waals surface area contributed by atoms with Crippen LogP contribution >= 0.6 is 22.6 Å². The zero-order valence-corrected chi connectivity index (χ0v) is 10.8. The van der Waals surface area contributed by atoms with Gasteiger partial charge in [0.15, 0.2) is 0 Å². The van der Waals surface area contributed by atoms with Crippen molar-refractivity contribution in [3.8, 4) is 0 Å². The van der Waals surface area contributed by atoms with Gasteiger partial charge in [0, 0.05) is 9.61 Å². The van der Waals surface area contributed by atoms with Crippen LogP contribution in [0.4, 0.5) is 0 Å². The van der Waals surface area contributed by atoms with Gasteiger partial charge >= 0.3 is 0 Å². The second kappa shape index (κ2) is 4.77. The zero-order valence-electron chi connectivity index (χ0n) is 8.60. The van der Waals surface area contributed by atoms with Gasteiger partial charge in [0.05, 0.1) is 5.56 Å². The Hall–Kier alpha value is -0.580. The highest BCUT2D eigenvalue weighted by Crippen LogP contribution is 2.16. The Bertz CT molecular complexity index is 347. The van der Waals surface area contributed by atoms with Crippen LogP contribution in [0.25, 0.3) is 0 Å². The van der Waals surface area contributed by atoms with E-state index in [9.17, 15) is 4.79 Å². The van der Waals surface area contributed by atoms with Gasteiger partial charge in [-0.25, -0.2) is 0 Å². The van der Waals surface area contributed by atoms with E-state index in [-0.39, 0.29) is 11.9 Å². The molecule has 1 rings (SSSR count). The first kappa shape index (κ1) is 11.5. The third kappa shape index (κ3) is 2.70. The molecule has 3 heteroatoms. The lowest BCUT2D eigenvalue weighted by atomic mass is 10.1. The summed E-state index contributed by atoms with van der Waals surface area (Å²) >= 11 is 2.21. The number of halogens is 1. The molecular formula is C11H14INO. The summed E-state index contributed by atoms with van der Waals surface area (Å²) < 4.78 is 1.03. The van der Waals surface area contributed by atoms with Crippen molar-refractivity contribution in [2.45, 2.75) is 26.8 Å². The van der Waals surface area contributed by atoms with Gasteiger partial charge in [-0.15, -0.1) is 0 Å². The van der Waals surface area contributed by atoms with Crippen LogP contribution in [-0.2, 0) is 0 Å². The van der Waals surface area contributed by atoms with Crippen molar-refractivity contribution >= 4 is 28.5 Å². The van der Waals surface area contributed by atoms with E-state index in [1.165, 1.54) is 0 Å². The van der Waals surface area contributed by atoms with Gasteiger partial charge in [0.25, 0.3) is 5.91 Å². The molecule has 0 aliphatic heterocycles. The SMILES string of the molecule is Cc1cccc(C(=O)NC(C)C)c1I. The third-order valence-corrected chi connectivity index (χ3v) is 3.29. The topological polar surface area (TPSA) is 29.1 Å². The highest BCUT2D eigenvalue weighted by molar-refractivity contribution is 14.1. The monoisotopic (exact) mass is 303 g/mol. The molecule has 1 aromatic rings. The van der Waals surface area contributed by atoms with Crippen LogP contribution < -0.4 is 5.32 Å². The Morgan fingerprint density at radius 3 is 2.64 bits per heavy atom. The molecule has 14 heavy (non-hydrogen) atoms. The average molecular weight is 303 g/mol. The molecule has 76 valence electrons. The normalized spacial score (nSPS) is 10.4. The van der Waals surface area contributed by atoms with Crippen LogP contribution in [0.2, 0.25) is 0 Å². The minimum atomic E-state index is 0.00750. The standard InChI is InChI=1S/C11H14INO/c1-7(2)13-11(14)9-6-4-5-8(3)10(9)12/h4-7H,1-3H3,(H,13,14). The van der Waals surface area contributed by atoms with Crippen molar-refractivity contribution < 1.29 is 4.79 Å². The van der Waals surface area contributed by atoms with E-state index in [1.54, 1.807) is 0 Å². The van der Waals surface area contributed by atoms with Crippen molar-refractivity contribution in [3.05, 3.63) is 32.9 Å². The van der Waals surface area contributed by atoms with Gasteiger partial charge in [-0.2, -0.15) is 0 Å². The van der Waals surface area contributed by atoms with Gasteiger partial charge in [-0.1, -0.05) is 12.1 Å². The maximum atomic E-state index is 11.7. The zero-order chi connectivity index (χ0) is 10.7. The molecule has 1 amide bonds. The van der Waals surface area contributed by atoms with Crippen molar-refractivity contribution in [2.75, 3.05) is 0 Å². The Labute approximate surface area is 98.2 Å². The van der Waals surface area contributed by atoms with E-state index in [1.807, 2.05) is 39.0 Å². The molecule has 1 aromatic carbocycles. The van der Waals surface area contributed by atoms with E-state index >= 15 is 0 Å². The summed E-state index contributed by atoms with van der Waals surface area (Å²) in [7, 11) is 0. The first-order valence-corrected chi connectivity index (χ1v) is 5.66. The highest BCUT2D eigenvalue weighted by atomic mass is 127. The fourth-order valence-electron chi connectivity index (χ4n) is 1.16. The summed E-state index contributed by atoms with van der Waals surface area (Å²) in [5, 5.41) is 2.88. The molecule has 0 fully saturated rings. The number of hydrogen-bond donors (Lipinski definition) is 1. The molecule has 0 spiro atoms. The lowest BCUT2D eigenvalue weighted by Crippen LogP contribution is -2.30. The molecular weight excluding hydrogens is 289 g/mol. The van der Waals surface area contributed by atoms with E-state index < -0.39 is 0 Å². The molecule has 0 saturated carbocycles. The van der Waals surface area contributed by atoms with Crippen LogP contribution in [0.5, 0.6) is 0 Å². The Morgan fingerprint density at radius 1 is 1.43 bits per heavy atom. The number of hydrogen-bond acceptors (Lipinski definition) is 1. The second-order valence-electron chi connectivity index (χ2n) is 3.56. The van der Waals surface area contributed by atoms with Gasteiger partial charge in [0.2, 0.25) is 0 Å². The predicted octanol–water partition coefficient (Wildman–Crippen LogP) is 2.74. The van der Waals surface area contributed by atoms with Crippen LogP contribution in [0.3, 0.4) is 0 Å². The molecule has 0 bridgehead atoms. The fourth-order valence-corrected chi connectivity index (χ4v) is 1.77. The van der Waals surface area contributed by atoms with Crippen LogP contribution in [0.1, 0.15) is 29.8 Å². The third-order valence-electron chi connectivity index (χ3n) is 1.86. The molecule has 0 radical (unpaired) electrons. The van der Waals surface area contributed by atoms with Crippen molar-refractivity contribution in [1.82, 2.24) is 5.32 Å². The van der Waals surface area contributed by atoms with Crippen molar-refractivity contribution in [1.29, 1.82) is 0 Å². The summed E-state index contributed by atoms with van der Waals surface area (Å²) in [4.78, 5) is 11.7. The van der Waals surface area contributed by atoms with Gasteiger partial charge in [-0.3, -0.25) is 4.79 Å². The summed E-state index contributed by atoms with van der Waals surface area (Å²) in [6, 6.07) is 5.95. The van der Waals surface area contributed by atoms with Gasteiger partial charge in [0.1, 0.15) is 0 Å². The summed E-state index contributed by atoms with van der Waals surface area (Å²) in [6.07, 6.45) is 0. The van der Waals surface area contributed by atoms with Gasteiger partial charge in [-0.05, 0) is 55.0 Å². The Morgan fingerprint density at radius 2 is 2.07 bits per heavy atom. The van der Waals surface area contributed by atoms with Crippen molar-refractivity contribution in [2.24, 2.45) is 0 Å². The van der Waals surface area contributed by atoms with Gasteiger partial charge < -0.3 is 5.32 Å². The first-order chi connectivity index (χ1) is 6.52. The van der Waals surface area contributed by atoms with E-state index in [2.05, 4.69) is 27.9 Å². The lowest BCUT2D eigenvalue weighted by Gasteiger charge is -2.10. The van der Waals surface area contributed by atoms with Crippen LogP contribution in [0.15, 0.2) is 18.2 Å². The van der Waals surface area contributed by atoms with Crippen LogP contribution in [0, 0.1) is 10.5 Å². The van der Waals surface area contributed by atoms with E-state index in [0.717, 1.165) is 14.7 Å². The maximum Gasteiger partial charge on any atom is 0.252 e. The minimum absolute atomic E-state index is 0.00750. The van der Waals surface area contributed by atoms with Crippen LogP contribution in [-0.4, -0.2) is 11.9 Å². The molecule has 1 N–H and O–H groups in total. The first-order valence-electron chi connectivity index (χ1n) is 4.58. The molecule has 0 aliphatic carbocycles. The second-order valence-corrected chi connectivity index (χ2v) is 4.64. The lowest BCUT2D eigenvalue weighted by molar-refractivity contribution is 0.0942. The van der Waals surface area contributed by atoms with E-state index in [4.69, 9.17) is 0 Å².